The lowest BCUT2D eigenvalue weighted by Gasteiger charge is -2.16. The standard InChI is InChI=1S/C22H16Br3NO6/c23-14-3-1-13(2-4-14)21(30)16-9-15(5-6-19(16)27)32-22-17(24)7-12(8-18(22)25)10-26-31-11-20(28)29/h1-10,21,27,30H,11H2,(H,28,29)/b26-10+. The molecule has 0 heterocycles. The number of nitrogens with zero attached hydrogens (tertiary/aromatic N) is 1. The van der Waals surface area contributed by atoms with Crippen LogP contribution < -0.4 is 4.74 Å². The summed E-state index contributed by atoms with van der Waals surface area (Å²) in [4.78, 5) is 15.1. The molecular weight excluding hydrogens is 614 g/mol. The Morgan fingerprint density at radius 2 is 1.69 bits per heavy atom. The molecule has 3 aromatic carbocycles. The number of rotatable bonds is 8. The highest BCUT2D eigenvalue weighted by Crippen LogP contribution is 2.40. The zero-order chi connectivity index (χ0) is 23.3. The first-order valence-electron chi connectivity index (χ1n) is 9.05. The van der Waals surface area contributed by atoms with Crippen molar-refractivity contribution in [2.75, 3.05) is 6.61 Å². The van der Waals surface area contributed by atoms with Gasteiger partial charge in [-0.15, -0.1) is 0 Å². The average molecular weight is 630 g/mol. The smallest absolute Gasteiger partial charge is 0.344 e. The fraction of sp³-hybridized carbons (Fsp3) is 0.0909. The van der Waals surface area contributed by atoms with E-state index in [9.17, 15) is 15.0 Å². The van der Waals surface area contributed by atoms with E-state index in [2.05, 4.69) is 57.8 Å². The predicted molar refractivity (Wildman–Crippen MR) is 129 cm³/mol. The third-order valence-electron chi connectivity index (χ3n) is 4.18. The highest BCUT2D eigenvalue weighted by Gasteiger charge is 2.17. The van der Waals surface area contributed by atoms with E-state index < -0.39 is 18.7 Å². The third kappa shape index (κ3) is 6.32. The molecule has 0 amide bonds. The highest BCUT2D eigenvalue weighted by molar-refractivity contribution is 9.11. The van der Waals surface area contributed by atoms with Gasteiger partial charge in [-0.25, -0.2) is 4.79 Å². The molecule has 3 N–H and O–H groups in total. The van der Waals surface area contributed by atoms with Gasteiger partial charge in [-0.05, 0) is 85.5 Å². The van der Waals surface area contributed by atoms with Crippen molar-refractivity contribution in [3.8, 4) is 17.2 Å². The van der Waals surface area contributed by atoms with Gasteiger partial charge in [0.2, 0.25) is 6.61 Å². The van der Waals surface area contributed by atoms with Crippen LogP contribution in [-0.4, -0.2) is 34.1 Å². The molecule has 0 saturated heterocycles. The van der Waals surface area contributed by atoms with E-state index in [1.165, 1.54) is 12.3 Å². The van der Waals surface area contributed by atoms with Gasteiger partial charge >= 0.3 is 5.97 Å². The number of oxime groups is 1. The van der Waals surface area contributed by atoms with Crippen LogP contribution in [0.3, 0.4) is 0 Å². The van der Waals surface area contributed by atoms with Crippen molar-refractivity contribution < 1.29 is 29.7 Å². The van der Waals surface area contributed by atoms with Crippen molar-refractivity contribution in [2.45, 2.75) is 6.10 Å². The summed E-state index contributed by atoms with van der Waals surface area (Å²) in [5, 5.41) is 33.2. The number of aliphatic hydroxyl groups is 1. The van der Waals surface area contributed by atoms with Gasteiger partial charge in [-0.2, -0.15) is 0 Å². The molecule has 1 atom stereocenters. The lowest BCUT2D eigenvalue weighted by Crippen LogP contribution is -2.03. The van der Waals surface area contributed by atoms with E-state index in [-0.39, 0.29) is 5.75 Å². The Morgan fingerprint density at radius 3 is 2.31 bits per heavy atom. The summed E-state index contributed by atoms with van der Waals surface area (Å²) in [6.45, 7) is -0.532. The molecule has 3 aromatic rings. The van der Waals surface area contributed by atoms with Crippen molar-refractivity contribution in [3.05, 3.63) is 84.7 Å². The van der Waals surface area contributed by atoms with Crippen molar-refractivity contribution >= 4 is 60.0 Å². The summed E-state index contributed by atoms with van der Waals surface area (Å²) < 4.78 is 8.04. The van der Waals surface area contributed by atoms with Crippen molar-refractivity contribution in [3.63, 3.8) is 0 Å². The molecule has 3 rings (SSSR count). The normalized spacial score (nSPS) is 12.0. The van der Waals surface area contributed by atoms with Gasteiger partial charge in [0.15, 0.2) is 5.75 Å². The highest BCUT2D eigenvalue weighted by atomic mass is 79.9. The second-order valence-electron chi connectivity index (χ2n) is 6.49. The zero-order valence-corrected chi connectivity index (χ0v) is 21.0. The maximum atomic E-state index is 10.7. The van der Waals surface area contributed by atoms with Gasteiger partial charge in [-0.1, -0.05) is 33.2 Å². The van der Waals surface area contributed by atoms with Crippen molar-refractivity contribution in [2.24, 2.45) is 5.16 Å². The van der Waals surface area contributed by atoms with Crippen LogP contribution in [0.2, 0.25) is 0 Å². The Morgan fingerprint density at radius 1 is 1.03 bits per heavy atom. The lowest BCUT2D eigenvalue weighted by atomic mass is 10.0. The predicted octanol–water partition coefficient (Wildman–Crippen LogP) is 5.99. The Balaban J connectivity index is 1.82. The summed E-state index contributed by atoms with van der Waals surface area (Å²) in [6.07, 6.45) is 0.332. The minimum atomic E-state index is -1.12. The third-order valence-corrected chi connectivity index (χ3v) is 5.89. The molecule has 1 unspecified atom stereocenters. The van der Waals surface area contributed by atoms with Crippen LogP contribution in [-0.2, 0) is 9.63 Å². The minimum Gasteiger partial charge on any atom is -0.508 e. The van der Waals surface area contributed by atoms with Crippen LogP contribution >= 0.6 is 47.8 Å². The first kappa shape index (κ1) is 24.2. The second kappa shape index (κ2) is 11.0. The van der Waals surface area contributed by atoms with Gasteiger partial charge in [0.25, 0.3) is 0 Å². The summed E-state index contributed by atoms with van der Waals surface area (Å²) in [5.41, 5.74) is 1.56. The van der Waals surface area contributed by atoms with Crippen molar-refractivity contribution in [1.29, 1.82) is 0 Å². The number of carbonyl (C=O) groups is 1. The molecule has 0 radical (unpaired) electrons. The molecule has 0 saturated carbocycles. The van der Waals surface area contributed by atoms with Gasteiger partial charge in [0, 0.05) is 10.0 Å². The van der Waals surface area contributed by atoms with Crippen LogP contribution in [0.4, 0.5) is 0 Å². The Kier molecular flexibility index (Phi) is 8.30. The van der Waals surface area contributed by atoms with Crippen LogP contribution in [0.5, 0.6) is 17.2 Å². The molecule has 7 nitrogen and oxygen atoms in total. The molecule has 166 valence electrons. The van der Waals surface area contributed by atoms with Crippen LogP contribution in [0.1, 0.15) is 22.8 Å². The second-order valence-corrected chi connectivity index (χ2v) is 9.12. The average Bonchev–Trinajstić information content (AvgIpc) is 2.75. The molecular formula is C22H16Br3NO6. The summed E-state index contributed by atoms with van der Waals surface area (Å²) >= 11 is 10.2. The quantitative estimate of drug-likeness (QED) is 0.209. The summed E-state index contributed by atoms with van der Waals surface area (Å²) in [7, 11) is 0. The summed E-state index contributed by atoms with van der Waals surface area (Å²) in [5.74, 6) is -0.310. The maximum absolute atomic E-state index is 10.7. The number of hydrogen-bond donors (Lipinski definition) is 3. The number of phenols is 1. The van der Waals surface area contributed by atoms with Crippen LogP contribution in [0.25, 0.3) is 0 Å². The minimum absolute atomic E-state index is 0.0566. The molecule has 32 heavy (non-hydrogen) atoms. The monoisotopic (exact) mass is 627 g/mol. The molecule has 0 fully saturated rings. The molecule has 0 aromatic heterocycles. The molecule has 0 aliphatic heterocycles. The fourth-order valence-corrected chi connectivity index (χ4v) is 4.35. The summed E-state index contributed by atoms with van der Waals surface area (Å²) in [6, 6.07) is 15.2. The Labute approximate surface area is 208 Å². The largest absolute Gasteiger partial charge is 0.508 e. The molecule has 0 aliphatic rings. The first-order chi connectivity index (χ1) is 15.2. The number of hydrogen-bond acceptors (Lipinski definition) is 6. The van der Waals surface area contributed by atoms with Gasteiger partial charge in [-0.3, -0.25) is 0 Å². The zero-order valence-electron chi connectivity index (χ0n) is 16.2. The number of benzene rings is 3. The topological polar surface area (TPSA) is 109 Å². The Hall–Kier alpha value is -2.40. The van der Waals surface area contributed by atoms with E-state index in [1.54, 1.807) is 36.4 Å². The van der Waals surface area contributed by atoms with Gasteiger partial charge < -0.3 is 24.9 Å². The van der Waals surface area contributed by atoms with E-state index in [0.29, 0.717) is 37.1 Å². The molecule has 10 heteroatoms. The number of aromatic hydroxyl groups is 1. The number of phenolic OH excluding ortho intramolecular Hbond substituents is 1. The molecule has 0 aliphatic carbocycles. The van der Waals surface area contributed by atoms with E-state index in [1.807, 2.05) is 12.1 Å². The van der Waals surface area contributed by atoms with E-state index in [0.717, 1.165) is 4.47 Å². The molecule has 0 bridgehead atoms. The number of aliphatic carboxylic acids is 1. The van der Waals surface area contributed by atoms with E-state index >= 15 is 0 Å². The molecule has 0 spiro atoms. The number of carboxylic acids is 1. The van der Waals surface area contributed by atoms with E-state index in [4.69, 9.17) is 9.84 Å². The Bertz CT molecular complexity index is 1130. The van der Waals surface area contributed by atoms with Crippen LogP contribution in [0.15, 0.2) is 73.2 Å². The fourth-order valence-electron chi connectivity index (χ4n) is 2.70. The SMILES string of the molecule is O=C(O)CO/N=C/c1cc(Br)c(Oc2ccc(O)c(C(O)c3ccc(Br)cc3)c2)c(Br)c1. The van der Waals surface area contributed by atoms with Crippen LogP contribution in [0, 0.1) is 0 Å². The number of halogens is 3. The number of carboxylic acid groups (broad SMARTS) is 1. The lowest BCUT2D eigenvalue weighted by molar-refractivity contribution is -0.142. The van der Waals surface area contributed by atoms with Crippen molar-refractivity contribution in [1.82, 2.24) is 0 Å². The van der Waals surface area contributed by atoms with Gasteiger partial charge in [0.1, 0.15) is 17.6 Å². The maximum Gasteiger partial charge on any atom is 0.344 e. The first-order valence-corrected chi connectivity index (χ1v) is 11.4. The number of aliphatic hydroxyl groups excluding tert-OH is 1. The number of ether oxygens (including phenoxy) is 1. The van der Waals surface area contributed by atoms with Gasteiger partial charge in [0.05, 0.1) is 15.2 Å².